The number of rotatable bonds is 52. The average Bonchev–Trinajstić information content (AvgIpc) is 3.33. The molecule has 0 aromatic carbocycles. The maximum atomic E-state index is 12.9. The Balaban J connectivity index is 4.41. The van der Waals surface area contributed by atoms with Gasteiger partial charge in [-0.3, -0.25) is 14.4 Å². The predicted octanol–water partition coefficient (Wildman–Crippen LogP) is 19.2. The van der Waals surface area contributed by atoms with Gasteiger partial charge in [0, 0.05) is 19.3 Å². The van der Waals surface area contributed by atoms with Gasteiger partial charge >= 0.3 is 17.9 Å². The predicted molar refractivity (Wildman–Crippen MR) is 288 cm³/mol. The summed E-state index contributed by atoms with van der Waals surface area (Å²) in [5, 5.41) is 0. The molecule has 0 bridgehead atoms. The molecule has 0 spiro atoms. The number of unbranched alkanes of at least 4 members (excludes halogenated alkanes) is 31. The highest BCUT2D eigenvalue weighted by Crippen LogP contribution is 2.16. The molecular formula is C61H108O6. The highest BCUT2D eigenvalue weighted by Gasteiger charge is 2.19. The first-order valence-electron chi connectivity index (χ1n) is 28.8. The van der Waals surface area contributed by atoms with Crippen LogP contribution in [0.2, 0.25) is 0 Å². The van der Waals surface area contributed by atoms with E-state index in [2.05, 4.69) is 81.5 Å². The van der Waals surface area contributed by atoms with Crippen molar-refractivity contribution in [3.05, 3.63) is 60.8 Å². The molecule has 0 heterocycles. The second kappa shape index (κ2) is 55.7. The van der Waals surface area contributed by atoms with E-state index in [-0.39, 0.29) is 31.1 Å². The normalized spacial score (nSPS) is 12.5. The third kappa shape index (κ3) is 53.9. The summed E-state index contributed by atoms with van der Waals surface area (Å²) in [4.78, 5) is 38.1. The van der Waals surface area contributed by atoms with Crippen molar-refractivity contribution >= 4 is 17.9 Å². The maximum Gasteiger partial charge on any atom is 0.306 e. The molecule has 0 aromatic rings. The lowest BCUT2D eigenvalue weighted by atomic mass is 10.0. The molecule has 0 saturated heterocycles. The van der Waals surface area contributed by atoms with Crippen molar-refractivity contribution in [2.24, 2.45) is 0 Å². The molecule has 0 aliphatic rings. The standard InChI is InChI=1S/C61H108O6/c1-4-7-10-13-16-19-22-25-27-29-30-32-33-36-39-42-45-48-51-54-60(63)66-57-58(56-65-59(62)53-50-47-44-41-38-35-24-21-18-15-12-9-6-3)67-61(64)55-52-49-46-43-40-37-34-31-28-26-23-20-17-14-11-8-5-2/h16,19,21,24-25,27,30,32,36,39,58H,4-15,17-18,20,22-23,26,28-29,31,33-35,37-38,40-57H2,1-3H3/b19-16+,24-21+,27-25+,32-30+,39-36+/t58-/m1/s1. The fraction of sp³-hybridized carbons (Fsp3) is 0.787. The van der Waals surface area contributed by atoms with Crippen molar-refractivity contribution in [3.63, 3.8) is 0 Å². The van der Waals surface area contributed by atoms with Crippen LogP contribution in [0.25, 0.3) is 0 Å². The van der Waals surface area contributed by atoms with Gasteiger partial charge in [0.2, 0.25) is 0 Å². The summed E-state index contributed by atoms with van der Waals surface area (Å²) >= 11 is 0. The molecule has 0 fully saturated rings. The van der Waals surface area contributed by atoms with Crippen LogP contribution in [0.1, 0.15) is 290 Å². The molecule has 0 N–H and O–H groups in total. The highest BCUT2D eigenvalue weighted by molar-refractivity contribution is 5.71. The summed E-state index contributed by atoms with van der Waals surface area (Å²) < 4.78 is 16.8. The Morgan fingerprint density at radius 3 is 0.910 bits per heavy atom. The van der Waals surface area contributed by atoms with E-state index in [1.54, 1.807) is 0 Å². The van der Waals surface area contributed by atoms with E-state index in [0.717, 1.165) is 89.9 Å². The first-order chi connectivity index (χ1) is 33.0. The Hall–Kier alpha value is -2.89. The summed E-state index contributed by atoms with van der Waals surface area (Å²) in [5.41, 5.74) is 0. The van der Waals surface area contributed by atoms with Crippen LogP contribution >= 0.6 is 0 Å². The minimum absolute atomic E-state index is 0.0866. The zero-order valence-electron chi connectivity index (χ0n) is 44.4. The molecular weight excluding hydrogens is 829 g/mol. The van der Waals surface area contributed by atoms with Crippen LogP contribution in [0, 0.1) is 0 Å². The zero-order valence-corrected chi connectivity index (χ0v) is 44.4. The number of hydrogen-bond donors (Lipinski definition) is 0. The zero-order chi connectivity index (χ0) is 48.6. The van der Waals surface area contributed by atoms with Gasteiger partial charge in [-0.05, 0) is 89.9 Å². The number of carbonyl (C=O) groups excluding carboxylic acids is 3. The third-order valence-electron chi connectivity index (χ3n) is 12.5. The van der Waals surface area contributed by atoms with Gasteiger partial charge in [0.05, 0.1) is 0 Å². The van der Waals surface area contributed by atoms with Crippen LogP contribution < -0.4 is 0 Å². The molecule has 0 aliphatic heterocycles. The van der Waals surface area contributed by atoms with Crippen molar-refractivity contribution in [2.45, 2.75) is 297 Å². The number of ether oxygens (including phenoxy) is 3. The van der Waals surface area contributed by atoms with E-state index < -0.39 is 6.10 Å². The first-order valence-corrected chi connectivity index (χ1v) is 28.8. The van der Waals surface area contributed by atoms with Gasteiger partial charge in [-0.25, -0.2) is 0 Å². The Labute approximate surface area is 415 Å². The highest BCUT2D eigenvalue weighted by atomic mass is 16.6. The fourth-order valence-corrected chi connectivity index (χ4v) is 8.13. The molecule has 6 heteroatoms. The monoisotopic (exact) mass is 937 g/mol. The van der Waals surface area contributed by atoms with E-state index >= 15 is 0 Å². The first kappa shape index (κ1) is 64.1. The Morgan fingerprint density at radius 2 is 0.537 bits per heavy atom. The van der Waals surface area contributed by atoms with Crippen molar-refractivity contribution < 1.29 is 28.6 Å². The molecule has 388 valence electrons. The van der Waals surface area contributed by atoms with Gasteiger partial charge in [0.1, 0.15) is 13.2 Å². The molecule has 0 radical (unpaired) electrons. The molecule has 6 nitrogen and oxygen atoms in total. The molecule has 0 aromatic heterocycles. The number of carbonyl (C=O) groups is 3. The molecule has 67 heavy (non-hydrogen) atoms. The third-order valence-corrected chi connectivity index (χ3v) is 12.5. The summed E-state index contributed by atoms with van der Waals surface area (Å²) in [6.07, 6.45) is 69.2. The lowest BCUT2D eigenvalue weighted by Gasteiger charge is -2.18. The van der Waals surface area contributed by atoms with E-state index in [9.17, 15) is 14.4 Å². The van der Waals surface area contributed by atoms with E-state index in [1.165, 1.54) is 161 Å². The molecule has 0 amide bonds. The average molecular weight is 938 g/mol. The largest absolute Gasteiger partial charge is 0.462 e. The lowest BCUT2D eigenvalue weighted by molar-refractivity contribution is -0.167. The topological polar surface area (TPSA) is 78.9 Å². The summed E-state index contributed by atoms with van der Waals surface area (Å²) in [5.74, 6) is -0.914. The van der Waals surface area contributed by atoms with Gasteiger partial charge in [0.25, 0.3) is 0 Å². The second-order valence-electron chi connectivity index (χ2n) is 19.2. The van der Waals surface area contributed by atoms with Crippen LogP contribution in [0.5, 0.6) is 0 Å². The Kier molecular flexibility index (Phi) is 53.3. The van der Waals surface area contributed by atoms with Gasteiger partial charge in [0.15, 0.2) is 6.10 Å². The summed E-state index contributed by atoms with van der Waals surface area (Å²) in [6, 6.07) is 0. The van der Waals surface area contributed by atoms with Crippen LogP contribution in [-0.4, -0.2) is 37.2 Å². The van der Waals surface area contributed by atoms with Crippen molar-refractivity contribution in [3.8, 4) is 0 Å². The quantitative estimate of drug-likeness (QED) is 0.0262. The molecule has 0 unspecified atom stereocenters. The van der Waals surface area contributed by atoms with Gasteiger partial charge in [-0.15, -0.1) is 0 Å². The van der Waals surface area contributed by atoms with E-state index in [1.807, 2.05) is 0 Å². The molecule has 0 aliphatic carbocycles. The molecule has 1 atom stereocenters. The van der Waals surface area contributed by atoms with Gasteiger partial charge in [-0.1, -0.05) is 242 Å². The van der Waals surface area contributed by atoms with E-state index in [4.69, 9.17) is 14.2 Å². The van der Waals surface area contributed by atoms with Crippen LogP contribution in [0.15, 0.2) is 60.8 Å². The Bertz CT molecular complexity index is 1210. The smallest absolute Gasteiger partial charge is 0.306 e. The van der Waals surface area contributed by atoms with Crippen LogP contribution in [0.4, 0.5) is 0 Å². The number of allylic oxidation sites excluding steroid dienone is 10. The molecule has 0 rings (SSSR count). The van der Waals surface area contributed by atoms with Crippen LogP contribution in [-0.2, 0) is 28.6 Å². The second-order valence-corrected chi connectivity index (χ2v) is 19.2. The summed E-state index contributed by atoms with van der Waals surface area (Å²) in [7, 11) is 0. The Morgan fingerprint density at radius 1 is 0.299 bits per heavy atom. The van der Waals surface area contributed by atoms with Crippen LogP contribution in [0.3, 0.4) is 0 Å². The van der Waals surface area contributed by atoms with Crippen molar-refractivity contribution in [1.82, 2.24) is 0 Å². The summed E-state index contributed by atoms with van der Waals surface area (Å²) in [6.45, 7) is 6.59. The van der Waals surface area contributed by atoms with Crippen molar-refractivity contribution in [2.75, 3.05) is 13.2 Å². The van der Waals surface area contributed by atoms with E-state index in [0.29, 0.717) is 19.3 Å². The SMILES string of the molecule is CCCCC/C=C/C/C=C/C/C=C/C/C=C/CCCCCC(=O)OC[C@@H](COC(=O)CCCCCCC/C=C/CCCCCC)OC(=O)CCCCCCCCCCCCCCCCCCC. The minimum Gasteiger partial charge on any atom is -0.462 e. The molecule has 0 saturated carbocycles. The number of hydrogen-bond acceptors (Lipinski definition) is 6. The van der Waals surface area contributed by atoms with Crippen molar-refractivity contribution in [1.29, 1.82) is 0 Å². The van der Waals surface area contributed by atoms with Gasteiger partial charge in [-0.2, -0.15) is 0 Å². The minimum atomic E-state index is -0.789. The fourth-order valence-electron chi connectivity index (χ4n) is 8.13. The maximum absolute atomic E-state index is 12.9. The van der Waals surface area contributed by atoms with Gasteiger partial charge < -0.3 is 14.2 Å². The lowest BCUT2D eigenvalue weighted by Crippen LogP contribution is -2.30. The number of esters is 3.